The van der Waals surface area contributed by atoms with Gasteiger partial charge in [-0.3, -0.25) is 9.78 Å². The SMILES string of the molecule is CCCCC(=O)NCc1ccc(-c2ccoc2)nc1. The summed E-state index contributed by atoms with van der Waals surface area (Å²) in [4.78, 5) is 15.8. The number of nitrogens with one attached hydrogen (secondary N) is 1. The predicted molar refractivity (Wildman–Crippen MR) is 73.3 cm³/mol. The van der Waals surface area contributed by atoms with Crippen molar-refractivity contribution in [1.82, 2.24) is 10.3 Å². The van der Waals surface area contributed by atoms with Crippen molar-refractivity contribution in [1.29, 1.82) is 0 Å². The zero-order valence-electron chi connectivity index (χ0n) is 11.1. The fourth-order valence-electron chi connectivity index (χ4n) is 1.74. The first-order valence-corrected chi connectivity index (χ1v) is 6.54. The van der Waals surface area contributed by atoms with Crippen molar-refractivity contribution < 1.29 is 9.21 Å². The van der Waals surface area contributed by atoms with Crippen LogP contribution in [0.3, 0.4) is 0 Å². The topological polar surface area (TPSA) is 55.1 Å². The zero-order valence-corrected chi connectivity index (χ0v) is 11.1. The van der Waals surface area contributed by atoms with Crippen LogP contribution in [0.5, 0.6) is 0 Å². The molecule has 1 amide bonds. The van der Waals surface area contributed by atoms with E-state index in [0.29, 0.717) is 13.0 Å². The first-order valence-electron chi connectivity index (χ1n) is 6.54. The number of hydrogen-bond donors (Lipinski definition) is 1. The van der Waals surface area contributed by atoms with Crippen LogP contribution in [-0.2, 0) is 11.3 Å². The Hall–Kier alpha value is -2.10. The summed E-state index contributed by atoms with van der Waals surface area (Å²) in [5.41, 5.74) is 2.82. The molecule has 100 valence electrons. The van der Waals surface area contributed by atoms with Gasteiger partial charge < -0.3 is 9.73 Å². The van der Waals surface area contributed by atoms with Crippen molar-refractivity contribution in [2.75, 3.05) is 0 Å². The third-order valence-corrected chi connectivity index (χ3v) is 2.89. The third-order valence-electron chi connectivity index (χ3n) is 2.89. The molecule has 0 aliphatic heterocycles. The summed E-state index contributed by atoms with van der Waals surface area (Å²) < 4.78 is 5.02. The molecule has 0 bridgehead atoms. The van der Waals surface area contributed by atoms with Gasteiger partial charge in [0.2, 0.25) is 5.91 Å². The van der Waals surface area contributed by atoms with E-state index in [9.17, 15) is 4.79 Å². The normalized spacial score (nSPS) is 10.4. The van der Waals surface area contributed by atoms with Crippen molar-refractivity contribution in [3.05, 3.63) is 42.5 Å². The second-order valence-corrected chi connectivity index (χ2v) is 4.44. The number of hydrogen-bond acceptors (Lipinski definition) is 3. The number of pyridine rings is 1. The van der Waals surface area contributed by atoms with Crippen LogP contribution in [0.2, 0.25) is 0 Å². The fraction of sp³-hybridized carbons (Fsp3) is 0.333. The van der Waals surface area contributed by atoms with Crippen LogP contribution in [0.25, 0.3) is 11.3 Å². The molecule has 0 saturated heterocycles. The van der Waals surface area contributed by atoms with Crippen molar-refractivity contribution in [3.63, 3.8) is 0 Å². The molecule has 2 rings (SSSR count). The van der Waals surface area contributed by atoms with Crippen LogP contribution in [0.1, 0.15) is 31.7 Å². The highest BCUT2D eigenvalue weighted by molar-refractivity contribution is 5.75. The maximum absolute atomic E-state index is 11.5. The second-order valence-electron chi connectivity index (χ2n) is 4.44. The average molecular weight is 258 g/mol. The Bertz CT molecular complexity index is 503. The molecule has 0 radical (unpaired) electrons. The lowest BCUT2D eigenvalue weighted by molar-refractivity contribution is -0.121. The minimum absolute atomic E-state index is 0.0979. The first kappa shape index (κ1) is 13.3. The Kier molecular flexibility index (Phi) is 4.72. The molecular formula is C15H18N2O2. The van der Waals surface area contributed by atoms with Gasteiger partial charge in [-0.2, -0.15) is 0 Å². The van der Waals surface area contributed by atoms with E-state index in [0.717, 1.165) is 29.7 Å². The van der Waals surface area contributed by atoms with Crippen LogP contribution in [0, 0.1) is 0 Å². The number of amides is 1. The average Bonchev–Trinajstić information content (AvgIpc) is 2.97. The van der Waals surface area contributed by atoms with Crippen LogP contribution in [0.4, 0.5) is 0 Å². The monoisotopic (exact) mass is 258 g/mol. The Morgan fingerprint density at radius 2 is 2.26 bits per heavy atom. The van der Waals surface area contributed by atoms with Gasteiger partial charge in [-0.25, -0.2) is 0 Å². The molecule has 0 atom stereocenters. The summed E-state index contributed by atoms with van der Waals surface area (Å²) in [7, 11) is 0. The molecule has 0 unspecified atom stereocenters. The number of aromatic nitrogens is 1. The number of carbonyl (C=O) groups excluding carboxylic acids is 1. The lowest BCUT2D eigenvalue weighted by Gasteiger charge is -2.05. The standard InChI is InChI=1S/C15H18N2O2/c1-2-3-4-15(18)17-10-12-5-6-14(16-9-12)13-7-8-19-11-13/h5-9,11H,2-4,10H2,1H3,(H,17,18). The number of unbranched alkanes of at least 4 members (excludes halogenated alkanes) is 1. The summed E-state index contributed by atoms with van der Waals surface area (Å²) in [6.07, 6.45) is 7.63. The van der Waals surface area contributed by atoms with Crippen molar-refractivity contribution in [2.45, 2.75) is 32.7 Å². The molecule has 0 spiro atoms. The molecule has 0 saturated carbocycles. The van der Waals surface area contributed by atoms with Crippen LogP contribution in [0.15, 0.2) is 41.3 Å². The van der Waals surface area contributed by atoms with Gasteiger partial charge in [0.15, 0.2) is 0 Å². The first-order chi connectivity index (χ1) is 9.29. The van der Waals surface area contributed by atoms with E-state index in [-0.39, 0.29) is 5.91 Å². The lowest BCUT2D eigenvalue weighted by Crippen LogP contribution is -2.22. The van der Waals surface area contributed by atoms with Gasteiger partial charge in [0, 0.05) is 24.7 Å². The third kappa shape index (κ3) is 3.95. The molecule has 19 heavy (non-hydrogen) atoms. The lowest BCUT2D eigenvalue weighted by atomic mass is 10.2. The van der Waals surface area contributed by atoms with Crippen LogP contribution >= 0.6 is 0 Å². The van der Waals surface area contributed by atoms with Gasteiger partial charge in [-0.05, 0) is 24.1 Å². The summed E-state index contributed by atoms with van der Waals surface area (Å²) in [5, 5.41) is 2.89. The molecule has 2 aromatic rings. The summed E-state index contributed by atoms with van der Waals surface area (Å²) in [6, 6.07) is 5.77. The molecule has 2 heterocycles. The minimum atomic E-state index is 0.0979. The summed E-state index contributed by atoms with van der Waals surface area (Å²) in [6.45, 7) is 2.60. The summed E-state index contributed by atoms with van der Waals surface area (Å²) in [5.74, 6) is 0.0979. The fourth-order valence-corrected chi connectivity index (χ4v) is 1.74. The van der Waals surface area contributed by atoms with Gasteiger partial charge in [0.25, 0.3) is 0 Å². The number of carbonyl (C=O) groups is 1. The van der Waals surface area contributed by atoms with E-state index in [2.05, 4.69) is 17.2 Å². The highest BCUT2D eigenvalue weighted by Gasteiger charge is 2.03. The Balaban J connectivity index is 1.87. The molecule has 4 heteroatoms. The molecule has 0 fully saturated rings. The maximum atomic E-state index is 11.5. The maximum Gasteiger partial charge on any atom is 0.220 e. The molecular weight excluding hydrogens is 240 g/mol. The largest absolute Gasteiger partial charge is 0.472 e. The van der Waals surface area contributed by atoms with E-state index in [1.54, 1.807) is 18.7 Å². The van der Waals surface area contributed by atoms with E-state index >= 15 is 0 Å². The van der Waals surface area contributed by atoms with Gasteiger partial charge in [-0.1, -0.05) is 19.4 Å². The van der Waals surface area contributed by atoms with Crippen molar-refractivity contribution in [3.8, 4) is 11.3 Å². The highest BCUT2D eigenvalue weighted by Crippen LogP contribution is 2.16. The second kappa shape index (κ2) is 6.73. The van der Waals surface area contributed by atoms with Crippen LogP contribution < -0.4 is 5.32 Å². The van der Waals surface area contributed by atoms with Crippen LogP contribution in [-0.4, -0.2) is 10.9 Å². The van der Waals surface area contributed by atoms with E-state index < -0.39 is 0 Å². The van der Waals surface area contributed by atoms with Crippen molar-refractivity contribution in [2.24, 2.45) is 0 Å². The number of nitrogens with zero attached hydrogens (tertiary/aromatic N) is 1. The highest BCUT2D eigenvalue weighted by atomic mass is 16.3. The van der Waals surface area contributed by atoms with E-state index in [4.69, 9.17) is 4.42 Å². The van der Waals surface area contributed by atoms with E-state index in [1.807, 2.05) is 18.2 Å². The smallest absolute Gasteiger partial charge is 0.220 e. The number of rotatable bonds is 6. The van der Waals surface area contributed by atoms with Gasteiger partial charge in [-0.15, -0.1) is 0 Å². The van der Waals surface area contributed by atoms with Gasteiger partial charge >= 0.3 is 0 Å². The van der Waals surface area contributed by atoms with Gasteiger partial charge in [0.1, 0.15) is 0 Å². The summed E-state index contributed by atoms with van der Waals surface area (Å²) >= 11 is 0. The molecule has 1 N–H and O–H groups in total. The zero-order chi connectivity index (χ0) is 13.5. The minimum Gasteiger partial charge on any atom is -0.472 e. The Labute approximate surface area is 112 Å². The Morgan fingerprint density at radius 1 is 1.37 bits per heavy atom. The molecule has 0 aromatic carbocycles. The predicted octanol–water partition coefficient (Wildman–Crippen LogP) is 3.15. The van der Waals surface area contributed by atoms with Crippen molar-refractivity contribution >= 4 is 5.91 Å². The van der Waals surface area contributed by atoms with Gasteiger partial charge in [0.05, 0.1) is 18.2 Å². The molecule has 0 aliphatic rings. The Morgan fingerprint density at radius 3 is 2.89 bits per heavy atom. The molecule has 0 aliphatic carbocycles. The quantitative estimate of drug-likeness (QED) is 0.866. The van der Waals surface area contributed by atoms with E-state index in [1.165, 1.54) is 0 Å². The number of furan rings is 1. The molecule has 4 nitrogen and oxygen atoms in total. The molecule has 2 aromatic heterocycles.